The number of carbonyl (C=O) groups excluding carboxylic acids is 4. The fraction of sp³-hybridized carbons (Fsp3) is 0.643. The van der Waals surface area contributed by atoms with E-state index in [2.05, 4.69) is 20.9 Å². The van der Waals surface area contributed by atoms with Crippen LogP contribution in [0.4, 0.5) is 0 Å². The molecule has 0 radical (unpaired) electrons. The van der Waals surface area contributed by atoms with E-state index >= 15 is 0 Å². The molecule has 2 heterocycles. The van der Waals surface area contributed by atoms with Crippen molar-refractivity contribution in [1.82, 2.24) is 25.8 Å². The first kappa shape index (κ1) is 29.4. The Bertz CT molecular complexity index is 961. The lowest BCUT2D eigenvalue weighted by Gasteiger charge is -2.27. The van der Waals surface area contributed by atoms with Crippen molar-refractivity contribution >= 4 is 23.6 Å². The van der Waals surface area contributed by atoms with Gasteiger partial charge in [-0.15, -0.1) is 0 Å². The zero-order valence-electron chi connectivity index (χ0n) is 23.0. The highest BCUT2D eigenvalue weighted by Gasteiger charge is 2.29. The molecule has 0 spiro atoms. The van der Waals surface area contributed by atoms with Crippen LogP contribution in [0.1, 0.15) is 62.7 Å². The van der Waals surface area contributed by atoms with Crippen LogP contribution in [-0.2, 0) is 14.4 Å². The third kappa shape index (κ3) is 8.72. The van der Waals surface area contributed by atoms with Crippen LogP contribution in [0.2, 0.25) is 0 Å². The van der Waals surface area contributed by atoms with Gasteiger partial charge in [-0.2, -0.15) is 0 Å². The van der Waals surface area contributed by atoms with Crippen molar-refractivity contribution in [2.24, 2.45) is 5.92 Å². The first-order valence-electron chi connectivity index (χ1n) is 13.8. The van der Waals surface area contributed by atoms with Gasteiger partial charge in [0.15, 0.2) is 0 Å². The number of likely N-dealkylation sites (tertiary alicyclic amines) is 1. The highest BCUT2D eigenvalue weighted by Crippen LogP contribution is 2.19. The highest BCUT2D eigenvalue weighted by atomic mass is 16.5. The number of rotatable bonds is 5. The molecule has 0 aliphatic carbocycles. The number of hydrogen-bond acceptors (Lipinski definition) is 6. The maximum absolute atomic E-state index is 13.2. The number of amides is 4. The van der Waals surface area contributed by atoms with E-state index in [1.165, 1.54) is 30.6 Å². The first-order valence-corrected chi connectivity index (χ1v) is 13.8. The molecule has 3 rings (SSSR count). The van der Waals surface area contributed by atoms with Crippen LogP contribution in [0.15, 0.2) is 24.3 Å². The third-order valence-electron chi connectivity index (χ3n) is 7.15. The average Bonchev–Trinajstić information content (AvgIpc) is 3.17. The molecular formula is C28H43N5O5. The zero-order chi connectivity index (χ0) is 27.5. The Morgan fingerprint density at radius 2 is 1.76 bits per heavy atom. The van der Waals surface area contributed by atoms with Crippen LogP contribution in [0.3, 0.4) is 0 Å². The van der Waals surface area contributed by atoms with Crippen molar-refractivity contribution in [3.05, 3.63) is 29.8 Å². The van der Waals surface area contributed by atoms with E-state index in [4.69, 9.17) is 4.74 Å². The number of ether oxygens (including phenoxy) is 1. The summed E-state index contributed by atoms with van der Waals surface area (Å²) in [6, 6.07) is 5.20. The average molecular weight is 530 g/mol. The van der Waals surface area contributed by atoms with Gasteiger partial charge in [0.2, 0.25) is 17.7 Å². The lowest BCUT2D eigenvalue weighted by atomic mass is 10.0. The predicted octanol–water partition coefficient (Wildman–Crippen LogP) is 1.55. The minimum absolute atomic E-state index is 0.0111. The van der Waals surface area contributed by atoms with E-state index in [9.17, 15) is 19.2 Å². The first-order chi connectivity index (χ1) is 18.3. The minimum atomic E-state index is -0.911. The van der Waals surface area contributed by atoms with Crippen molar-refractivity contribution in [2.45, 2.75) is 64.5 Å². The summed E-state index contributed by atoms with van der Waals surface area (Å²) in [5, 5.41) is 8.58. The minimum Gasteiger partial charge on any atom is -0.491 e. The van der Waals surface area contributed by atoms with Gasteiger partial charge >= 0.3 is 0 Å². The van der Waals surface area contributed by atoms with Gasteiger partial charge in [-0.3, -0.25) is 19.2 Å². The van der Waals surface area contributed by atoms with Crippen LogP contribution in [-0.4, -0.2) is 91.9 Å². The Kier molecular flexibility index (Phi) is 11.4. The standard InChI is InChI=1S/C28H43N5O5/c1-20(2)25-28(37)32(3)18-19-38-23-11-7-6-10-21(23)26(35)30-22(12-13-24(34)31-25)27(36)29-14-17-33-15-8-4-5-9-16-33/h6-7,10-11,20,22,25H,4-5,8-9,12-19H2,1-3H3,(H,29,36)(H,30,35)(H,31,34)/t22-,25-/m0/s1. The number of hydrogen-bond donors (Lipinski definition) is 3. The molecule has 0 unspecified atom stereocenters. The Hall–Kier alpha value is -3.14. The molecule has 0 bridgehead atoms. The topological polar surface area (TPSA) is 120 Å². The van der Waals surface area contributed by atoms with Crippen molar-refractivity contribution < 1.29 is 23.9 Å². The number of likely N-dealkylation sites (N-methyl/N-ethyl adjacent to an activating group) is 1. The molecule has 3 N–H and O–H groups in total. The molecule has 10 heteroatoms. The van der Waals surface area contributed by atoms with E-state index in [1.54, 1.807) is 31.3 Å². The van der Waals surface area contributed by atoms with Crippen LogP contribution in [0, 0.1) is 5.92 Å². The number of nitrogens with zero attached hydrogens (tertiary/aromatic N) is 2. The molecule has 0 saturated carbocycles. The number of para-hydroxylation sites is 1. The molecule has 1 saturated heterocycles. The Morgan fingerprint density at radius 3 is 2.47 bits per heavy atom. The monoisotopic (exact) mass is 529 g/mol. The number of nitrogens with one attached hydrogen (secondary N) is 3. The molecule has 4 amide bonds. The summed E-state index contributed by atoms with van der Waals surface area (Å²) in [5.74, 6) is -1.08. The molecule has 210 valence electrons. The fourth-order valence-electron chi connectivity index (χ4n) is 4.78. The molecule has 2 aliphatic heterocycles. The van der Waals surface area contributed by atoms with E-state index in [0.29, 0.717) is 17.9 Å². The van der Waals surface area contributed by atoms with Gasteiger partial charge in [0.05, 0.1) is 12.1 Å². The normalized spacial score (nSPS) is 22.7. The van der Waals surface area contributed by atoms with E-state index in [-0.39, 0.29) is 49.6 Å². The molecule has 1 aromatic carbocycles. The maximum Gasteiger partial charge on any atom is 0.255 e. The maximum atomic E-state index is 13.2. The molecular weight excluding hydrogens is 486 g/mol. The lowest BCUT2D eigenvalue weighted by molar-refractivity contribution is -0.137. The van der Waals surface area contributed by atoms with Crippen molar-refractivity contribution in [3.63, 3.8) is 0 Å². The van der Waals surface area contributed by atoms with E-state index < -0.39 is 18.0 Å². The van der Waals surface area contributed by atoms with Gasteiger partial charge in [0.1, 0.15) is 24.4 Å². The smallest absolute Gasteiger partial charge is 0.255 e. The van der Waals surface area contributed by atoms with Crippen LogP contribution < -0.4 is 20.7 Å². The quantitative estimate of drug-likeness (QED) is 0.533. The van der Waals surface area contributed by atoms with Crippen LogP contribution in [0.25, 0.3) is 0 Å². The summed E-state index contributed by atoms with van der Waals surface area (Å²) in [4.78, 5) is 56.1. The molecule has 2 aliphatic rings. The van der Waals surface area contributed by atoms with E-state index in [1.807, 2.05) is 13.8 Å². The van der Waals surface area contributed by atoms with Crippen molar-refractivity contribution in [3.8, 4) is 5.75 Å². The van der Waals surface area contributed by atoms with Crippen LogP contribution in [0.5, 0.6) is 5.75 Å². The molecule has 1 aromatic rings. The Labute approximate surface area is 225 Å². The SMILES string of the molecule is CC(C)[C@@H]1NC(=O)CC[C@@H](C(=O)NCCN2CCCCCC2)NC(=O)c2ccccc2OCCN(C)C1=O. The van der Waals surface area contributed by atoms with Crippen molar-refractivity contribution in [2.75, 3.05) is 46.4 Å². The van der Waals surface area contributed by atoms with Gasteiger partial charge in [-0.1, -0.05) is 38.8 Å². The lowest BCUT2D eigenvalue weighted by Crippen LogP contribution is -2.51. The summed E-state index contributed by atoms with van der Waals surface area (Å²) in [6.07, 6.45) is 4.90. The second kappa shape index (κ2) is 14.7. The Balaban J connectivity index is 1.75. The van der Waals surface area contributed by atoms with E-state index in [0.717, 1.165) is 19.6 Å². The summed E-state index contributed by atoms with van der Waals surface area (Å²) in [6.45, 7) is 7.47. The van der Waals surface area contributed by atoms with Gasteiger partial charge in [-0.05, 0) is 50.4 Å². The molecule has 10 nitrogen and oxygen atoms in total. The van der Waals surface area contributed by atoms with Gasteiger partial charge < -0.3 is 30.5 Å². The highest BCUT2D eigenvalue weighted by molar-refractivity contribution is 5.99. The fourth-order valence-corrected chi connectivity index (χ4v) is 4.78. The summed E-state index contributed by atoms with van der Waals surface area (Å²) >= 11 is 0. The third-order valence-corrected chi connectivity index (χ3v) is 7.15. The predicted molar refractivity (Wildman–Crippen MR) is 145 cm³/mol. The summed E-state index contributed by atoms with van der Waals surface area (Å²) in [7, 11) is 1.66. The second-order valence-electron chi connectivity index (χ2n) is 10.5. The van der Waals surface area contributed by atoms with Gasteiger partial charge in [-0.25, -0.2) is 0 Å². The molecule has 2 atom stereocenters. The number of carbonyl (C=O) groups is 4. The van der Waals surface area contributed by atoms with Gasteiger partial charge in [0.25, 0.3) is 5.91 Å². The van der Waals surface area contributed by atoms with Crippen molar-refractivity contribution in [1.29, 1.82) is 0 Å². The molecule has 38 heavy (non-hydrogen) atoms. The van der Waals surface area contributed by atoms with Gasteiger partial charge in [0, 0.05) is 26.6 Å². The second-order valence-corrected chi connectivity index (χ2v) is 10.5. The summed E-state index contributed by atoms with van der Waals surface area (Å²) in [5.41, 5.74) is 0.295. The summed E-state index contributed by atoms with van der Waals surface area (Å²) < 4.78 is 5.86. The molecule has 0 aromatic heterocycles. The zero-order valence-corrected chi connectivity index (χ0v) is 23.0. The molecule has 1 fully saturated rings. The Morgan fingerprint density at radius 1 is 1.05 bits per heavy atom. The van der Waals surface area contributed by atoms with Crippen LogP contribution >= 0.6 is 0 Å². The largest absolute Gasteiger partial charge is 0.491 e. The number of fused-ring (bicyclic) bond motifs is 1. The number of benzene rings is 1.